The molecule has 2 N–H and O–H groups in total. The lowest BCUT2D eigenvalue weighted by molar-refractivity contribution is -0.122. The van der Waals surface area contributed by atoms with E-state index in [1.807, 2.05) is 24.3 Å². The summed E-state index contributed by atoms with van der Waals surface area (Å²) in [4.78, 5) is 11.7. The van der Waals surface area contributed by atoms with Crippen LogP contribution in [0.2, 0.25) is 0 Å². The van der Waals surface area contributed by atoms with Gasteiger partial charge in [-0.2, -0.15) is 0 Å². The number of nitrogens with one attached hydrogen (secondary N) is 2. The molecule has 1 aliphatic heterocycles. The minimum atomic E-state index is 0. The molecule has 2 rings (SSSR count). The van der Waals surface area contributed by atoms with Gasteiger partial charge >= 0.3 is 0 Å². The Hall–Kier alpha value is -0.580. The largest absolute Gasteiger partial charge is 0.351 e. The first-order valence-corrected chi connectivity index (χ1v) is 6.30. The van der Waals surface area contributed by atoms with Crippen LogP contribution in [0.15, 0.2) is 28.7 Å². The molecule has 0 radical (unpaired) electrons. The van der Waals surface area contributed by atoms with Gasteiger partial charge in [0.1, 0.15) is 0 Å². The first-order chi connectivity index (χ1) is 7.75. The summed E-state index contributed by atoms with van der Waals surface area (Å²) in [5.41, 5.74) is 1.11. The van der Waals surface area contributed by atoms with Crippen LogP contribution >= 0.6 is 28.3 Å². The second-order valence-corrected chi connectivity index (χ2v) is 4.91. The molecule has 0 aromatic heterocycles. The maximum absolute atomic E-state index is 11.7. The van der Waals surface area contributed by atoms with Gasteiger partial charge in [0.15, 0.2) is 0 Å². The third-order valence-electron chi connectivity index (χ3n) is 2.73. The number of carbonyl (C=O) groups excluding carboxylic acids is 1. The van der Waals surface area contributed by atoms with Crippen molar-refractivity contribution in [3.05, 3.63) is 34.3 Å². The molecule has 1 atom stereocenters. The van der Waals surface area contributed by atoms with Crippen molar-refractivity contribution in [1.82, 2.24) is 10.6 Å². The summed E-state index contributed by atoms with van der Waals surface area (Å²) in [6, 6.07) is 7.98. The number of halogens is 2. The number of hydrogen-bond donors (Lipinski definition) is 2. The number of hydrogen-bond acceptors (Lipinski definition) is 2. The van der Waals surface area contributed by atoms with Gasteiger partial charge in [-0.15, -0.1) is 12.4 Å². The van der Waals surface area contributed by atoms with E-state index in [4.69, 9.17) is 0 Å². The van der Waals surface area contributed by atoms with Crippen LogP contribution < -0.4 is 10.6 Å². The Bertz CT molecular complexity index is 381. The van der Waals surface area contributed by atoms with Crippen LogP contribution in [0, 0.1) is 0 Å². The monoisotopic (exact) mass is 318 g/mol. The van der Waals surface area contributed by atoms with E-state index >= 15 is 0 Å². The van der Waals surface area contributed by atoms with Crippen LogP contribution in [0.25, 0.3) is 0 Å². The highest BCUT2D eigenvalue weighted by Gasteiger charge is 2.21. The third-order valence-corrected chi connectivity index (χ3v) is 3.23. The van der Waals surface area contributed by atoms with Gasteiger partial charge in [-0.3, -0.25) is 4.79 Å². The number of carbonyl (C=O) groups is 1. The summed E-state index contributed by atoms with van der Waals surface area (Å²) >= 11 is 3.41. The second-order valence-electron chi connectivity index (χ2n) is 4.00. The van der Waals surface area contributed by atoms with E-state index in [0.717, 1.165) is 29.4 Å². The Morgan fingerprint density at radius 3 is 3.00 bits per heavy atom. The molecular formula is C12H16BrClN2O. The highest BCUT2D eigenvalue weighted by atomic mass is 79.9. The van der Waals surface area contributed by atoms with Gasteiger partial charge < -0.3 is 10.6 Å². The van der Waals surface area contributed by atoms with Crippen LogP contribution in [-0.2, 0) is 11.3 Å². The molecule has 1 heterocycles. The second kappa shape index (κ2) is 6.99. The predicted octanol–water partition coefficient (Wildman–Crippen LogP) is 2.24. The number of rotatable bonds is 3. The zero-order valence-corrected chi connectivity index (χ0v) is 11.8. The van der Waals surface area contributed by atoms with Crippen LogP contribution in [0.5, 0.6) is 0 Å². The van der Waals surface area contributed by atoms with E-state index in [2.05, 4.69) is 26.6 Å². The summed E-state index contributed by atoms with van der Waals surface area (Å²) in [6.45, 7) is 1.55. The smallest absolute Gasteiger partial charge is 0.237 e. The maximum atomic E-state index is 11.7. The van der Waals surface area contributed by atoms with Crippen molar-refractivity contribution in [2.24, 2.45) is 0 Å². The van der Waals surface area contributed by atoms with Gasteiger partial charge in [-0.05, 0) is 37.1 Å². The van der Waals surface area contributed by atoms with Gasteiger partial charge in [0.25, 0.3) is 0 Å². The van der Waals surface area contributed by atoms with E-state index < -0.39 is 0 Å². The van der Waals surface area contributed by atoms with Crippen LogP contribution in [0.1, 0.15) is 18.4 Å². The molecular weight excluding hydrogens is 304 g/mol. The van der Waals surface area contributed by atoms with Crippen molar-refractivity contribution in [2.75, 3.05) is 6.54 Å². The van der Waals surface area contributed by atoms with Gasteiger partial charge in [-0.25, -0.2) is 0 Å². The zero-order valence-electron chi connectivity index (χ0n) is 9.41. The van der Waals surface area contributed by atoms with E-state index in [0.29, 0.717) is 6.54 Å². The lowest BCUT2D eigenvalue weighted by Crippen LogP contribution is -2.39. The van der Waals surface area contributed by atoms with E-state index in [9.17, 15) is 4.79 Å². The normalized spacial score (nSPS) is 18.5. The summed E-state index contributed by atoms with van der Waals surface area (Å²) in [5.74, 6) is 0.109. The number of benzene rings is 1. The summed E-state index contributed by atoms with van der Waals surface area (Å²) in [5, 5.41) is 6.13. The molecule has 5 heteroatoms. The zero-order chi connectivity index (χ0) is 11.4. The van der Waals surface area contributed by atoms with E-state index in [1.54, 1.807) is 0 Å². The molecule has 0 bridgehead atoms. The lowest BCUT2D eigenvalue weighted by atomic mass is 10.2. The van der Waals surface area contributed by atoms with Crippen molar-refractivity contribution in [3.63, 3.8) is 0 Å². The fourth-order valence-electron chi connectivity index (χ4n) is 1.87. The van der Waals surface area contributed by atoms with Crippen molar-refractivity contribution >= 4 is 34.2 Å². The summed E-state index contributed by atoms with van der Waals surface area (Å²) < 4.78 is 1.04. The average molecular weight is 320 g/mol. The highest BCUT2D eigenvalue weighted by molar-refractivity contribution is 9.10. The molecule has 1 amide bonds. The Kier molecular flexibility index (Phi) is 5.95. The summed E-state index contributed by atoms with van der Waals surface area (Å²) in [6.07, 6.45) is 2.04. The van der Waals surface area contributed by atoms with Gasteiger partial charge in [0.2, 0.25) is 5.91 Å². The topological polar surface area (TPSA) is 41.1 Å². The van der Waals surface area contributed by atoms with Crippen molar-refractivity contribution < 1.29 is 4.79 Å². The first-order valence-electron chi connectivity index (χ1n) is 5.51. The standard InChI is InChI=1S/C12H15BrN2O.ClH/c13-10-4-1-3-9(7-10)8-15-12(16)11-5-2-6-14-11;/h1,3-4,7,11,14H,2,5-6,8H2,(H,15,16);1H. The van der Waals surface area contributed by atoms with Crippen LogP contribution in [0.4, 0.5) is 0 Å². The molecule has 1 unspecified atom stereocenters. The minimum Gasteiger partial charge on any atom is -0.351 e. The SMILES string of the molecule is Cl.O=C(NCc1cccc(Br)c1)C1CCCN1. The van der Waals surface area contributed by atoms with Crippen LogP contribution in [0.3, 0.4) is 0 Å². The Morgan fingerprint density at radius 1 is 1.53 bits per heavy atom. The number of amides is 1. The molecule has 17 heavy (non-hydrogen) atoms. The summed E-state index contributed by atoms with van der Waals surface area (Å²) in [7, 11) is 0. The van der Waals surface area contributed by atoms with Gasteiger partial charge in [0, 0.05) is 11.0 Å². The highest BCUT2D eigenvalue weighted by Crippen LogP contribution is 2.11. The lowest BCUT2D eigenvalue weighted by Gasteiger charge is -2.11. The molecule has 0 saturated carbocycles. The van der Waals surface area contributed by atoms with Crippen molar-refractivity contribution in [1.29, 1.82) is 0 Å². The fourth-order valence-corrected chi connectivity index (χ4v) is 2.31. The van der Waals surface area contributed by atoms with Gasteiger partial charge in [-0.1, -0.05) is 28.1 Å². The molecule has 3 nitrogen and oxygen atoms in total. The van der Waals surface area contributed by atoms with Crippen molar-refractivity contribution in [2.45, 2.75) is 25.4 Å². The van der Waals surface area contributed by atoms with E-state index in [-0.39, 0.29) is 24.4 Å². The maximum Gasteiger partial charge on any atom is 0.237 e. The Morgan fingerprint density at radius 2 is 2.35 bits per heavy atom. The molecule has 1 aromatic carbocycles. The molecule has 1 aromatic rings. The minimum absolute atomic E-state index is 0. The fraction of sp³-hybridized carbons (Fsp3) is 0.417. The predicted molar refractivity (Wildman–Crippen MR) is 74.3 cm³/mol. The van der Waals surface area contributed by atoms with Crippen LogP contribution in [-0.4, -0.2) is 18.5 Å². The van der Waals surface area contributed by atoms with E-state index in [1.165, 1.54) is 0 Å². The molecule has 1 saturated heterocycles. The average Bonchev–Trinajstić information content (AvgIpc) is 2.79. The Labute approximate surface area is 116 Å². The van der Waals surface area contributed by atoms with Crippen molar-refractivity contribution in [3.8, 4) is 0 Å². The van der Waals surface area contributed by atoms with Gasteiger partial charge in [0.05, 0.1) is 6.04 Å². The molecule has 94 valence electrons. The third kappa shape index (κ3) is 4.30. The molecule has 0 spiro atoms. The quantitative estimate of drug-likeness (QED) is 0.897. The Balaban J connectivity index is 0.00000144. The molecule has 1 fully saturated rings. The molecule has 1 aliphatic rings. The molecule has 0 aliphatic carbocycles. The first kappa shape index (κ1) is 14.5.